The number of nitrogens with zero attached hydrogens (tertiary/aromatic N) is 4. The van der Waals surface area contributed by atoms with Crippen LogP contribution in [0, 0.1) is 0 Å². The minimum absolute atomic E-state index is 0.189. The number of aromatic nitrogens is 2. The molecule has 0 aliphatic carbocycles. The first-order valence-corrected chi connectivity index (χ1v) is 12.0. The molecule has 0 N–H and O–H groups in total. The Morgan fingerprint density at radius 1 is 0.968 bits per heavy atom. The van der Waals surface area contributed by atoms with E-state index in [0.717, 1.165) is 25.3 Å². The Labute approximate surface area is 181 Å². The van der Waals surface area contributed by atoms with Gasteiger partial charge in [-0.05, 0) is 11.6 Å². The van der Waals surface area contributed by atoms with Crippen molar-refractivity contribution in [2.45, 2.75) is 17.2 Å². The van der Waals surface area contributed by atoms with Gasteiger partial charge >= 0.3 is 0 Å². The van der Waals surface area contributed by atoms with Crippen LogP contribution >= 0.6 is 0 Å². The van der Waals surface area contributed by atoms with Crippen LogP contribution in [0.5, 0.6) is 0 Å². The van der Waals surface area contributed by atoms with Crippen molar-refractivity contribution in [2.24, 2.45) is 7.05 Å². The van der Waals surface area contributed by atoms with Gasteiger partial charge in [0.1, 0.15) is 0 Å². The molecule has 1 saturated heterocycles. The highest BCUT2D eigenvalue weighted by molar-refractivity contribution is 7.90. The number of fused-ring (bicyclic) bond motifs is 3. The largest absolute Gasteiger partial charge is 0.335 e. The molecule has 3 heterocycles. The summed E-state index contributed by atoms with van der Waals surface area (Å²) >= 11 is 0. The fourth-order valence-electron chi connectivity index (χ4n) is 4.51. The molecule has 0 radical (unpaired) electrons. The number of rotatable bonds is 3. The predicted octanol–water partition coefficient (Wildman–Crippen LogP) is 2.33. The number of carbonyl (C=O) groups excluding carboxylic acids is 1. The summed E-state index contributed by atoms with van der Waals surface area (Å²) in [4.78, 5) is 17.7. The van der Waals surface area contributed by atoms with E-state index in [4.69, 9.17) is 0 Å². The lowest BCUT2D eigenvalue weighted by atomic mass is 10.1. The Bertz CT molecular complexity index is 1240. The van der Waals surface area contributed by atoms with E-state index >= 15 is 0 Å². The SMILES string of the molecule is Cn1nc(C(=O)N2CCN(Cc3ccccc3)CC2)c2c1-c1ccccc1S(=O)(=O)C2. The Hall–Kier alpha value is -2.97. The highest BCUT2D eigenvalue weighted by Crippen LogP contribution is 2.39. The second-order valence-electron chi connectivity index (χ2n) is 8.11. The number of hydrogen-bond donors (Lipinski definition) is 0. The third-order valence-corrected chi connectivity index (χ3v) is 7.76. The van der Waals surface area contributed by atoms with Crippen LogP contribution in [-0.4, -0.2) is 60.1 Å². The summed E-state index contributed by atoms with van der Waals surface area (Å²) in [6.07, 6.45) is 0. The van der Waals surface area contributed by atoms with Gasteiger partial charge in [0.2, 0.25) is 0 Å². The maximum atomic E-state index is 13.3. The van der Waals surface area contributed by atoms with Crippen LogP contribution in [0.15, 0.2) is 59.5 Å². The minimum Gasteiger partial charge on any atom is -0.335 e. The third-order valence-electron chi connectivity index (χ3n) is 6.07. The second kappa shape index (κ2) is 7.62. The molecular formula is C23H24N4O3S. The fourth-order valence-corrected chi connectivity index (χ4v) is 6.11. The molecule has 31 heavy (non-hydrogen) atoms. The van der Waals surface area contributed by atoms with Crippen LogP contribution < -0.4 is 0 Å². The first kappa shape index (κ1) is 20.0. The van der Waals surface area contributed by atoms with Gasteiger partial charge < -0.3 is 4.90 Å². The van der Waals surface area contributed by atoms with Crippen molar-refractivity contribution in [2.75, 3.05) is 26.2 Å². The zero-order valence-corrected chi connectivity index (χ0v) is 18.2. The molecule has 160 valence electrons. The quantitative estimate of drug-likeness (QED) is 0.630. The van der Waals surface area contributed by atoms with Gasteiger partial charge in [0.25, 0.3) is 5.91 Å². The molecule has 1 aromatic heterocycles. The zero-order chi connectivity index (χ0) is 21.6. The van der Waals surface area contributed by atoms with Gasteiger partial charge in [-0.3, -0.25) is 14.4 Å². The normalized spacial score (nSPS) is 17.8. The van der Waals surface area contributed by atoms with Gasteiger partial charge in [-0.2, -0.15) is 5.10 Å². The van der Waals surface area contributed by atoms with Crippen molar-refractivity contribution >= 4 is 15.7 Å². The molecule has 0 atom stereocenters. The molecular weight excluding hydrogens is 412 g/mol. The monoisotopic (exact) mass is 436 g/mol. The smallest absolute Gasteiger partial charge is 0.274 e. The summed E-state index contributed by atoms with van der Waals surface area (Å²) in [5.41, 5.74) is 3.36. The molecule has 7 nitrogen and oxygen atoms in total. The first-order chi connectivity index (χ1) is 14.9. The van der Waals surface area contributed by atoms with Gasteiger partial charge in [0.05, 0.1) is 16.3 Å². The van der Waals surface area contributed by atoms with Crippen molar-refractivity contribution < 1.29 is 13.2 Å². The Morgan fingerprint density at radius 3 is 2.39 bits per heavy atom. The molecule has 8 heteroatoms. The third kappa shape index (κ3) is 3.55. The lowest BCUT2D eigenvalue weighted by Crippen LogP contribution is -2.48. The highest BCUT2D eigenvalue weighted by Gasteiger charge is 2.36. The average Bonchev–Trinajstić information content (AvgIpc) is 3.10. The molecule has 0 unspecified atom stereocenters. The number of benzene rings is 2. The fraction of sp³-hybridized carbons (Fsp3) is 0.304. The van der Waals surface area contributed by atoms with Gasteiger partial charge in [0, 0.05) is 50.9 Å². The van der Waals surface area contributed by atoms with E-state index in [9.17, 15) is 13.2 Å². The molecule has 1 amide bonds. The van der Waals surface area contributed by atoms with Crippen molar-refractivity contribution in [3.8, 4) is 11.3 Å². The summed E-state index contributed by atoms with van der Waals surface area (Å²) in [7, 11) is -1.74. The van der Waals surface area contributed by atoms with Crippen molar-refractivity contribution in [3.05, 3.63) is 71.4 Å². The zero-order valence-electron chi connectivity index (χ0n) is 17.4. The maximum Gasteiger partial charge on any atom is 0.274 e. The Kier molecular flexibility index (Phi) is 4.91. The lowest BCUT2D eigenvalue weighted by molar-refractivity contribution is 0.0621. The standard InChI is InChI=1S/C23H24N4O3S/c1-25-22-18-9-5-6-10-20(18)31(29,30)16-19(22)21(24-25)23(28)27-13-11-26(12-14-27)15-17-7-3-2-4-8-17/h2-10H,11-16H2,1H3. The number of carbonyl (C=O) groups is 1. The molecule has 1 fully saturated rings. The highest BCUT2D eigenvalue weighted by atomic mass is 32.2. The molecule has 0 spiro atoms. The van der Waals surface area contributed by atoms with Gasteiger partial charge in [-0.25, -0.2) is 8.42 Å². The molecule has 0 saturated carbocycles. The number of hydrogen-bond acceptors (Lipinski definition) is 5. The summed E-state index contributed by atoms with van der Waals surface area (Å²) in [6.45, 7) is 3.60. The van der Waals surface area contributed by atoms with Crippen LogP contribution in [0.3, 0.4) is 0 Å². The molecule has 3 aromatic rings. The van der Waals surface area contributed by atoms with E-state index in [2.05, 4.69) is 22.1 Å². The number of amides is 1. The van der Waals surface area contributed by atoms with Crippen LogP contribution in [-0.2, 0) is 29.2 Å². The topological polar surface area (TPSA) is 75.5 Å². The average molecular weight is 437 g/mol. The molecule has 5 rings (SSSR count). The number of piperazine rings is 1. The van der Waals surface area contributed by atoms with Gasteiger partial charge in [0.15, 0.2) is 15.5 Å². The molecule has 2 aliphatic heterocycles. The van der Waals surface area contributed by atoms with E-state index in [1.165, 1.54) is 5.56 Å². The minimum atomic E-state index is -3.50. The van der Waals surface area contributed by atoms with E-state index in [0.29, 0.717) is 29.1 Å². The second-order valence-corrected chi connectivity index (χ2v) is 10.1. The van der Waals surface area contributed by atoms with Crippen molar-refractivity contribution in [1.29, 1.82) is 0 Å². The molecule has 2 aliphatic rings. The van der Waals surface area contributed by atoms with Crippen LogP contribution in [0.1, 0.15) is 21.6 Å². The van der Waals surface area contributed by atoms with E-state index < -0.39 is 9.84 Å². The Morgan fingerprint density at radius 2 is 1.65 bits per heavy atom. The maximum absolute atomic E-state index is 13.3. The van der Waals surface area contributed by atoms with Crippen molar-refractivity contribution in [1.82, 2.24) is 19.6 Å². The summed E-state index contributed by atoms with van der Waals surface area (Å²) in [6, 6.07) is 17.2. The first-order valence-electron chi connectivity index (χ1n) is 10.4. The van der Waals surface area contributed by atoms with E-state index in [-0.39, 0.29) is 17.4 Å². The van der Waals surface area contributed by atoms with Crippen LogP contribution in [0.4, 0.5) is 0 Å². The van der Waals surface area contributed by atoms with E-state index in [1.807, 2.05) is 24.3 Å². The van der Waals surface area contributed by atoms with E-state index in [1.54, 1.807) is 34.8 Å². The summed E-state index contributed by atoms with van der Waals surface area (Å²) in [5.74, 6) is -0.381. The number of sulfone groups is 1. The number of aryl methyl sites for hydroxylation is 1. The van der Waals surface area contributed by atoms with Gasteiger partial charge in [-0.1, -0.05) is 48.5 Å². The predicted molar refractivity (Wildman–Crippen MR) is 117 cm³/mol. The lowest BCUT2D eigenvalue weighted by Gasteiger charge is -2.34. The summed E-state index contributed by atoms with van der Waals surface area (Å²) in [5, 5.41) is 4.47. The molecule has 2 aromatic carbocycles. The van der Waals surface area contributed by atoms with Crippen molar-refractivity contribution in [3.63, 3.8) is 0 Å². The Balaban J connectivity index is 1.38. The van der Waals surface area contributed by atoms with Crippen LogP contribution in [0.25, 0.3) is 11.3 Å². The van der Waals surface area contributed by atoms with Crippen LogP contribution in [0.2, 0.25) is 0 Å². The molecule has 0 bridgehead atoms. The summed E-state index contributed by atoms with van der Waals surface area (Å²) < 4.78 is 27.3. The van der Waals surface area contributed by atoms with Gasteiger partial charge in [-0.15, -0.1) is 0 Å².